The van der Waals surface area contributed by atoms with E-state index < -0.39 is 11.0 Å². The third-order valence-corrected chi connectivity index (χ3v) is 5.82. The van der Waals surface area contributed by atoms with E-state index in [9.17, 15) is 19.7 Å². The van der Waals surface area contributed by atoms with Crippen LogP contribution in [-0.2, 0) is 21.9 Å². The van der Waals surface area contributed by atoms with Crippen LogP contribution in [-0.4, -0.2) is 40.0 Å². The van der Waals surface area contributed by atoms with Gasteiger partial charge in [-0.1, -0.05) is 48.9 Å². The lowest BCUT2D eigenvalue weighted by atomic mass is 10.1. The van der Waals surface area contributed by atoms with Gasteiger partial charge in [-0.2, -0.15) is 0 Å². The molecular weight excluding hydrogens is 414 g/mol. The highest BCUT2D eigenvalue weighted by atomic mass is 32.2. The average Bonchev–Trinajstić information content (AvgIpc) is 2.76. The Balaban J connectivity index is 2.02. The fourth-order valence-electron chi connectivity index (χ4n) is 2.92. The largest absolute Gasteiger partial charge is 0.354 e. The zero-order valence-electron chi connectivity index (χ0n) is 18.2. The minimum absolute atomic E-state index is 0.0426. The Bertz CT molecular complexity index is 885. The summed E-state index contributed by atoms with van der Waals surface area (Å²) in [5.74, 6) is 0.488. The fraction of sp³-hybridized carbons (Fsp3) is 0.391. The number of aryl methyl sites for hydroxylation is 1. The van der Waals surface area contributed by atoms with E-state index >= 15 is 0 Å². The standard InChI is InChI=1S/C23H29N3O4S/c1-4-13-24-23(28)18(3)25(14-19-7-5-17(2)6-8-19)22(27)16-31-15-20-9-11-21(12-10-20)26(29)30/h5-12,18H,4,13-16H2,1-3H3,(H,24,28). The van der Waals surface area contributed by atoms with Gasteiger partial charge in [-0.25, -0.2) is 0 Å². The number of rotatable bonds is 11. The quantitative estimate of drug-likeness (QED) is 0.417. The van der Waals surface area contributed by atoms with Gasteiger partial charge in [-0.05, 0) is 31.4 Å². The summed E-state index contributed by atoms with van der Waals surface area (Å²) >= 11 is 1.42. The van der Waals surface area contributed by atoms with Crippen LogP contribution in [0.15, 0.2) is 48.5 Å². The molecular formula is C23H29N3O4S. The molecule has 0 aliphatic carbocycles. The van der Waals surface area contributed by atoms with Crippen LogP contribution in [0.2, 0.25) is 0 Å². The number of non-ortho nitro benzene ring substituents is 1. The van der Waals surface area contributed by atoms with E-state index in [4.69, 9.17) is 0 Å². The summed E-state index contributed by atoms with van der Waals surface area (Å²) in [7, 11) is 0. The van der Waals surface area contributed by atoms with Crippen LogP contribution in [0, 0.1) is 17.0 Å². The van der Waals surface area contributed by atoms with Crippen molar-refractivity contribution in [3.05, 3.63) is 75.3 Å². The topological polar surface area (TPSA) is 92.6 Å². The first kappa shape index (κ1) is 24.4. The number of hydrogen-bond acceptors (Lipinski definition) is 5. The maximum Gasteiger partial charge on any atom is 0.269 e. The molecule has 1 atom stereocenters. The van der Waals surface area contributed by atoms with Crippen molar-refractivity contribution in [3.63, 3.8) is 0 Å². The Labute approximate surface area is 187 Å². The van der Waals surface area contributed by atoms with Gasteiger partial charge in [0.15, 0.2) is 0 Å². The molecule has 2 rings (SSSR count). The summed E-state index contributed by atoms with van der Waals surface area (Å²) in [5.41, 5.74) is 3.05. The molecule has 0 aliphatic heterocycles. The highest BCUT2D eigenvalue weighted by molar-refractivity contribution is 7.99. The van der Waals surface area contributed by atoms with Gasteiger partial charge in [-0.15, -0.1) is 11.8 Å². The zero-order chi connectivity index (χ0) is 22.8. The molecule has 0 aliphatic rings. The molecule has 2 amide bonds. The van der Waals surface area contributed by atoms with Crippen molar-refractivity contribution in [2.45, 2.75) is 45.5 Å². The summed E-state index contributed by atoms with van der Waals surface area (Å²) in [5, 5.41) is 13.6. The van der Waals surface area contributed by atoms with Crippen molar-refractivity contribution >= 4 is 29.3 Å². The van der Waals surface area contributed by atoms with Crippen molar-refractivity contribution in [2.75, 3.05) is 12.3 Å². The van der Waals surface area contributed by atoms with E-state index in [0.717, 1.165) is 23.1 Å². The van der Waals surface area contributed by atoms with Gasteiger partial charge in [0.05, 0.1) is 10.7 Å². The number of amides is 2. The highest BCUT2D eigenvalue weighted by Crippen LogP contribution is 2.18. The summed E-state index contributed by atoms with van der Waals surface area (Å²) in [6.07, 6.45) is 0.829. The van der Waals surface area contributed by atoms with E-state index in [1.54, 1.807) is 24.0 Å². The molecule has 0 bridgehead atoms. The van der Waals surface area contributed by atoms with Crippen LogP contribution in [0.1, 0.15) is 37.0 Å². The second-order valence-electron chi connectivity index (χ2n) is 7.39. The SMILES string of the molecule is CCCNC(=O)C(C)N(Cc1ccc(C)cc1)C(=O)CSCc1ccc([N+](=O)[O-])cc1. The zero-order valence-corrected chi connectivity index (χ0v) is 19.0. The van der Waals surface area contributed by atoms with Crippen LogP contribution in [0.25, 0.3) is 0 Å². The Hall–Kier alpha value is -2.87. The van der Waals surface area contributed by atoms with E-state index in [1.165, 1.54) is 23.9 Å². The second kappa shape index (κ2) is 12.1. The molecule has 8 heteroatoms. The predicted octanol–water partition coefficient (Wildman–Crippen LogP) is 4.08. The third kappa shape index (κ3) is 7.71. The Kier molecular flexibility index (Phi) is 9.52. The maximum absolute atomic E-state index is 13.0. The first-order chi connectivity index (χ1) is 14.8. The van der Waals surface area contributed by atoms with Crippen LogP contribution < -0.4 is 5.32 Å². The number of carbonyl (C=O) groups is 2. The number of benzene rings is 2. The number of thioether (sulfide) groups is 1. The molecule has 1 unspecified atom stereocenters. The maximum atomic E-state index is 13.0. The number of nitro groups is 1. The van der Waals surface area contributed by atoms with Crippen molar-refractivity contribution in [3.8, 4) is 0 Å². The minimum atomic E-state index is -0.583. The minimum Gasteiger partial charge on any atom is -0.354 e. The Morgan fingerprint density at radius 2 is 1.71 bits per heavy atom. The van der Waals surface area contributed by atoms with Crippen LogP contribution in [0.3, 0.4) is 0 Å². The van der Waals surface area contributed by atoms with Gasteiger partial charge in [0, 0.05) is 31.0 Å². The lowest BCUT2D eigenvalue weighted by Crippen LogP contribution is -2.48. The molecule has 166 valence electrons. The van der Waals surface area contributed by atoms with E-state index in [1.807, 2.05) is 38.1 Å². The monoisotopic (exact) mass is 443 g/mol. The normalized spacial score (nSPS) is 11.6. The van der Waals surface area contributed by atoms with Gasteiger partial charge in [0.25, 0.3) is 5.69 Å². The highest BCUT2D eigenvalue weighted by Gasteiger charge is 2.25. The van der Waals surface area contributed by atoms with Crippen molar-refractivity contribution in [2.24, 2.45) is 0 Å². The second-order valence-corrected chi connectivity index (χ2v) is 8.38. The molecule has 0 saturated heterocycles. The molecule has 7 nitrogen and oxygen atoms in total. The predicted molar refractivity (Wildman–Crippen MR) is 124 cm³/mol. The molecule has 0 saturated carbocycles. The summed E-state index contributed by atoms with van der Waals surface area (Å²) < 4.78 is 0. The van der Waals surface area contributed by atoms with E-state index in [2.05, 4.69) is 5.32 Å². The third-order valence-electron chi connectivity index (χ3n) is 4.83. The first-order valence-corrected chi connectivity index (χ1v) is 11.4. The molecule has 0 fully saturated rings. The van der Waals surface area contributed by atoms with Gasteiger partial charge >= 0.3 is 0 Å². The number of nitrogens with zero attached hydrogens (tertiary/aromatic N) is 2. The van der Waals surface area contributed by atoms with Gasteiger partial charge in [-0.3, -0.25) is 19.7 Å². The lowest BCUT2D eigenvalue weighted by Gasteiger charge is -2.28. The van der Waals surface area contributed by atoms with E-state index in [-0.39, 0.29) is 23.3 Å². The Morgan fingerprint density at radius 3 is 2.29 bits per heavy atom. The van der Waals surface area contributed by atoms with Crippen molar-refractivity contribution in [1.82, 2.24) is 10.2 Å². The van der Waals surface area contributed by atoms with Gasteiger partial charge in [0.1, 0.15) is 6.04 Å². The smallest absolute Gasteiger partial charge is 0.269 e. The summed E-state index contributed by atoms with van der Waals surface area (Å²) in [4.78, 5) is 37.4. The van der Waals surface area contributed by atoms with Crippen molar-refractivity contribution < 1.29 is 14.5 Å². The number of nitrogens with one attached hydrogen (secondary N) is 1. The van der Waals surface area contributed by atoms with Gasteiger partial charge < -0.3 is 10.2 Å². The molecule has 31 heavy (non-hydrogen) atoms. The molecule has 2 aromatic rings. The lowest BCUT2D eigenvalue weighted by molar-refractivity contribution is -0.384. The number of carbonyl (C=O) groups excluding carboxylic acids is 2. The Morgan fingerprint density at radius 1 is 1.10 bits per heavy atom. The molecule has 2 aromatic carbocycles. The summed E-state index contributed by atoms with van der Waals surface area (Å²) in [6.45, 7) is 6.66. The average molecular weight is 444 g/mol. The molecule has 0 spiro atoms. The van der Waals surface area contributed by atoms with E-state index in [0.29, 0.717) is 18.8 Å². The fourth-order valence-corrected chi connectivity index (χ4v) is 3.79. The van der Waals surface area contributed by atoms with Crippen LogP contribution in [0.4, 0.5) is 5.69 Å². The molecule has 0 radical (unpaired) electrons. The van der Waals surface area contributed by atoms with Crippen molar-refractivity contribution in [1.29, 1.82) is 0 Å². The van der Waals surface area contributed by atoms with Gasteiger partial charge in [0.2, 0.25) is 11.8 Å². The molecule has 0 aromatic heterocycles. The first-order valence-electron chi connectivity index (χ1n) is 10.3. The summed E-state index contributed by atoms with van der Waals surface area (Å²) in [6, 6.07) is 13.6. The number of nitro benzene ring substituents is 1. The van der Waals surface area contributed by atoms with Crippen LogP contribution in [0.5, 0.6) is 0 Å². The molecule has 0 heterocycles. The van der Waals surface area contributed by atoms with Crippen LogP contribution >= 0.6 is 11.8 Å². The molecule has 1 N–H and O–H groups in total. The number of hydrogen-bond donors (Lipinski definition) is 1.